The Kier molecular flexibility index (Phi) is 5.63. The quantitative estimate of drug-likeness (QED) is 0.192. The molecule has 0 aliphatic carbocycles. The summed E-state index contributed by atoms with van der Waals surface area (Å²) >= 11 is 0. The fourth-order valence-electron chi connectivity index (χ4n) is 7.77. The van der Waals surface area contributed by atoms with Crippen LogP contribution in [-0.2, 0) is 0 Å². The van der Waals surface area contributed by atoms with E-state index in [1.807, 2.05) is 36.4 Å². The first-order chi connectivity index (χ1) is 24.8. The molecule has 0 saturated carbocycles. The molecule has 50 heavy (non-hydrogen) atoms. The standard InChI is InChI=1S/C46H27NO3/c1-2-12-32-28(10-1)11-9-16-33(32)29-20-22-30(23-21-29)47(31-24-25-36-34-13-3-6-17-40(34)48-43(36)26-31)39-27-38-35-14-4-7-18-41(35)49-45(38)46-44(39)37-15-5-8-19-42(37)50-46/h1-27H. The van der Waals surface area contributed by atoms with Gasteiger partial charge in [-0.05, 0) is 70.4 Å². The van der Waals surface area contributed by atoms with Crippen LogP contribution >= 0.6 is 0 Å². The molecule has 234 valence electrons. The SMILES string of the molecule is c1ccc2c(-c3ccc(N(c4ccc5c(c4)oc4ccccc45)c4cc5c6ccccc6oc5c5oc6ccccc6c45)cc3)cccc2c1. The lowest BCUT2D eigenvalue weighted by atomic mass is 9.98. The van der Waals surface area contributed by atoms with Crippen LogP contribution in [0.3, 0.4) is 0 Å². The first-order valence-corrected chi connectivity index (χ1v) is 16.8. The molecule has 0 atom stereocenters. The molecule has 4 nitrogen and oxygen atoms in total. The molecule has 0 aliphatic heterocycles. The van der Waals surface area contributed by atoms with Crippen LogP contribution in [-0.4, -0.2) is 0 Å². The minimum absolute atomic E-state index is 0.733. The zero-order valence-corrected chi connectivity index (χ0v) is 26.8. The van der Waals surface area contributed by atoms with Crippen LogP contribution in [0.25, 0.3) is 87.7 Å². The molecule has 11 rings (SSSR count). The van der Waals surface area contributed by atoms with Crippen molar-refractivity contribution in [3.8, 4) is 11.1 Å². The summed E-state index contributed by atoms with van der Waals surface area (Å²) < 4.78 is 19.6. The molecule has 0 amide bonds. The minimum Gasteiger partial charge on any atom is -0.456 e. The number of fused-ring (bicyclic) bond motifs is 11. The van der Waals surface area contributed by atoms with E-state index < -0.39 is 0 Å². The number of hydrogen-bond donors (Lipinski definition) is 0. The molecule has 0 bridgehead atoms. The number of benzene rings is 8. The highest BCUT2D eigenvalue weighted by atomic mass is 16.4. The molecule has 0 N–H and O–H groups in total. The minimum atomic E-state index is 0.733. The summed E-state index contributed by atoms with van der Waals surface area (Å²) in [5.74, 6) is 0. The first-order valence-electron chi connectivity index (χ1n) is 16.8. The van der Waals surface area contributed by atoms with Gasteiger partial charge in [-0.3, -0.25) is 0 Å². The lowest BCUT2D eigenvalue weighted by Crippen LogP contribution is -2.10. The van der Waals surface area contributed by atoms with E-state index in [2.05, 4.69) is 132 Å². The maximum absolute atomic E-state index is 6.65. The number of rotatable bonds is 4. The number of hydrogen-bond acceptors (Lipinski definition) is 4. The number of furan rings is 3. The Morgan fingerprint density at radius 1 is 0.360 bits per heavy atom. The van der Waals surface area contributed by atoms with E-state index in [9.17, 15) is 0 Å². The summed E-state index contributed by atoms with van der Waals surface area (Å²) in [6.45, 7) is 0. The largest absolute Gasteiger partial charge is 0.456 e. The van der Waals surface area contributed by atoms with Gasteiger partial charge in [0, 0.05) is 44.4 Å². The van der Waals surface area contributed by atoms with E-state index in [0.29, 0.717) is 0 Å². The van der Waals surface area contributed by atoms with Crippen LogP contribution in [0, 0.1) is 0 Å². The third-order valence-electron chi connectivity index (χ3n) is 10.1. The van der Waals surface area contributed by atoms with Crippen molar-refractivity contribution in [1.82, 2.24) is 0 Å². The average Bonchev–Trinajstić information content (AvgIpc) is 3.86. The van der Waals surface area contributed by atoms with Gasteiger partial charge in [-0.1, -0.05) is 109 Å². The van der Waals surface area contributed by atoms with Gasteiger partial charge in [-0.15, -0.1) is 0 Å². The van der Waals surface area contributed by atoms with Gasteiger partial charge in [0.05, 0.1) is 11.1 Å². The Morgan fingerprint density at radius 3 is 1.74 bits per heavy atom. The van der Waals surface area contributed by atoms with Crippen molar-refractivity contribution < 1.29 is 13.3 Å². The van der Waals surface area contributed by atoms with E-state index in [-0.39, 0.29) is 0 Å². The molecule has 0 spiro atoms. The summed E-state index contributed by atoms with van der Waals surface area (Å²) in [6, 6.07) is 57.3. The second-order valence-corrected chi connectivity index (χ2v) is 12.9. The van der Waals surface area contributed by atoms with Crippen LogP contribution in [0.2, 0.25) is 0 Å². The van der Waals surface area contributed by atoms with E-state index in [1.165, 1.54) is 16.3 Å². The summed E-state index contributed by atoms with van der Waals surface area (Å²) in [5, 5.41) is 8.73. The molecule has 8 aromatic carbocycles. The monoisotopic (exact) mass is 641 g/mol. The van der Waals surface area contributed by atoms with Gasteiger partial charge in [0.2, 0.25) is 0 Å². The molecule has 3 aromatic heterocycles. The Morgan fingerprint density at radius 2 is 0.940 bits per heavy atom. The summed E-state index contributed by atoms with van der Waals surface area (Å²) in [4.78, 5) is 2.32. The molecule has 0 radical (unpaired) electrons. The van der Waals surface area contributed by atoms with E-state index in [4.69, 9.17) is 13.3 Å². The van der Waals surface area contributed by atoms with Crippen LogP contribution in [0.1, 0.15) is 0 Å². The molecule has 4 heteroatoms. The van der Waals surface area contributed by atoms with Crippen LogP contribution in [0.15, 0.2) is 177 Å². The second-order valence-electron chi connectivity index (χ2n) is 12.9. The van der Waals surface area contributed by atoms with Gasteiger partial charge in [0.25, 0.3) is 0 Å². The van der Waals surface area contributed by atoms with Gasteiger partial charge >= 0.3 is 0 Å². The highest BCUT2D eigenvalue weighted by molar-refractivity contribution is 6.24. The lowest BCUT2D eigenvalue weighted by Gasteiger charge is -2.26. The Bertz CT molecular complexity index is 3100. The highest BCUT2D eigenvalue weighted by Gasteiger charge is 2.25. The third kappa shape index (κ3) is 3.93. The van der Waals surface area contributed by atoms with Gasteiger partial charge < -0.3 is 18.2 Å². The average molecular weight is 642 g/mol. The molecule has 11 aromatic rings. The van der Waals surface area contributed by atoms with Crippen molar-refractivity contribution in [2.24, 2.45) is 0 Å². The zero-order chi connectivity index (χ0) is 32.8. The fraction of sp³-hybridized carbons (Fsp3) is 0. The molecular weight excluding hydrogens is 615 g/mol. The topological polar surface area (TPSA) is 42.7 Å². The third-order valence-corrected chi connectivity index (χ3v) is 10.1. The van der Waals surface area contributed by atoms with Crippen LogP contribution in [0.4, 0.5) is 17.1 Å². The van der Waals surface area contributed by atoms with Crippen molar-refractivity contribution >= 4 is 93.7 Å². The van der Waals surface area contributed by atoms with Gasteiger partial charge in [0.15, 0.2) is 11.2 Å². The Balaban J connectivity index is 1.21. The Labute approximate surface area is 286 Å². The van der Waals surface area contributed by atoms with E-state index >= 15 is 0 Å². The van der Waals surface area contributed by atoms with Crippen molar-refractivity contribution in [3.05, 3.63) is 164 Å². The van der Waals surface area contributed by atoms with Crippen LogP contribution < -0.4 is 4.90 Å². The molecular formula is C46H27NO3. The van der Waals surface area contributed by atoms with Crippen molar-refractivity contribution in [3.63, 3.8) is 0 Å². The van der Waals surface area contributed by atoms with Gasteiger partial charge in [-0.2, -0.15) is 0 Å². The maximum Gasteiger partial charge on any atom is 0.180 e. The molecule has 0 aliphatic rings. The molecule has 0 unspecified atom stereocenters. The van der Waals surface area contributed by atoms with Gasteiger partial charge in [-0.25, -0.2) is 0 Å². The zero-order valence-electron chi connectivity index (χ0n) is 26.8. The maximum atomic E-state index is 6.65. The summed E-state index contributed by atoms with van der Waals surface area (Å²) in [5.41, 5.74) is 10.2. The molecule has 0 fully saturated rings. The van der Waals surface area contributed by atoms with Crippen molar-refractivity contribution in [2.45, 2.75) is 0 Å². The summed E-state index contributed by atoms with van der Waals surface area (Å²) in [6.07, 6.45) is 0. The van der Waals surface area contributed by atoms with Crippen molar-refractivity contribution in [2.75, 3.05) is 4.90 Å². The molecule has 3 heterocycles. The van der Waals surface area contributed by atoms with Crippen LogP contribution in [0.5, 0.6) is 0 Å². The molecule has 0 saturated heterocycles. The predicted octanol–water partition coefficient (Wildman–Crippen LogP) is 13.7. The first kappa shape index (κ1) is 27.2. The second kappa shape index (κ2) is 10.4. The number of anilines is 3. The smallest absolute Gasteiger partial charge is 0.180 e. The normalized spacial score (nSPS) is 12.0. The summed E-state index contributed by atoms with van der Waals surface area (Å²) in [7, 11) is 0. The predicted molar refractivity (Wildman–Crippen MR) is 206 cm³/mol. The lowest BCUT2D eigenvalue weighted by molar-refractivity contribution is 0.633. The number of nitrogens with zero attached hydrogens (tertiary/aromatic N) is 1. The fourth-order valence-corrected chi connectivity index (χ4v) is 7.77. The Hall–Kier alpha value is -6.78. The van der Waals surface area contributed by atoms with Gasteiger partial charge in [0.1, 0.15) is 22.3 Å². The number of para-hydroxylation sites is 3. The van der Waals surface area contributed by atoms with E-state index in [1.54, 1.807) is 0 Å². The van der Waals surface area contributed by atoms with Crippen molar-refractivity contribution in [1.29, 1.82) is 0 Å². The van der Waals surface area contributed by atoms with E-state index in [0.717, 1.165) is 88.4 Å². The highest BCUT2D eigenvalue weighted by Crippen LogP contribution is 2.48.